The van der Waals surface area contributed by atoms with Gasteiger partial charge in [0.05, 0.1) is 0 Å². The van der Waals surface area contributed by atoms with Gasteiger partial charge in [-0.15, -0.1) is 22.7 Å². The van der Waals surface area contributed by atoms with E-state index >= 15 is 0 Å². The number of thiophene rings is 2. The van der Waals surface area contributed by atoms with Crippen LogP contribution in [-0.2, 0) is 4.79 Å². The third-order valence-electron chi connectivity index (χ3n) is 4.07. The van der Waals surface area contributed by atoms with Crippen molar-refractivity contribution in [2.75, 3.05) is 5.32 Å². The first-order chi connectivity index (χ1) is 13.0. The Kier molecular flexibility index (Phi) is 5.88. The van der Waals surface area contributed by atoms with Gasteiger partial charge in [-0.3, -0.25) is 4.79 Å². The molecular weight excluding hydrogens is 378 g/mol. The second kappa shape index (κ2) is 8.33. The number of carbonyl (C=O) groups is 2. The smallest absolute Gasteiger partial charge is 0.339 e. The van der Waals surface area contributed by atoms with Gasteiger partial charge in [0.2, 0.25) is 5.91 Å². The van der Waals surface area contributed by atoms with Crippen molar-refractivity contribution in [2.45, 2.75) is 19.8 Å². The molecule has 1 amide bonds. The predicted molar refractivity (Wildman–Crippen MR) is 113 cm³/mol. The summed E-state index contributed by atoms with van der Waals surface area (Å²) in [5.41, 5.74) is 2.75. The average Bonchev–Trinajstić information content (AvgIpc) is 3.29. The molecule has 0 saturated heterocycles. The van der Waals surface area contributed by atoms with E-state index in [1.165, 1.54) is 34.3 Å². The molecule has 1 aromatic carbocycles. The molecule has 0 bridgehead atoms. The lowest BCUT2D eigenvalue weighted by Gasteiger charge is -2.07. The number of rotatable bonds is 6. The third kappa shape index (κ3) is 4.53. The van der Waals surface area contributed by atoms with E-state index in [1.807, 2.05) is 41.8 Å². The summed E-state index contributed by atoms with van der Waals surface area (Å²) in [5, 5.41) is 16.4. The number of carboxylic acids is 1. The summed E-state index contributed by atoms with van der Waals surface area (Å²) in [6.45, 7) is 4.22. The van der Waals surface area contributed by atoms with Gasteiger partial charge in [-0.05, 0) is 34.6 Å². The number of carbonyl (C=O) groups excluding carboxylic acids is 1. The maximum absolute atomic E-state index is 12.2. The highest BCUT2D eigenvalue weighted by Crippen LogP contribution is 2.36. The largest absolute Gasteiger partial charge is 0.478 e. The number of amides is 1. The van der Waals surface area contributed by atoms with Crippen molar-refractivity contribution in [3.8, 4) is 11.1 Å². The highest BCUT2D eigenvalue weighted by Gasteiger charge is 2.20. The highest BCUT2D eigenvalue weighted by molar-refractivity contribution is 7.15. The molecule has 0 spiro atoms. The molecule has 0 aliphatic carbocycles. The number of aromatic carboxylic acids is 1. The topological polar surface area (TPSA) is 66.4 Å². The average molecular weight is 398 g/mol. The molecule has 0 aliphatic rings. The lowest BCUT2D eigenvalue weighted by Crippen LogP contribution is -2.10. The zero-order valence-electron chi connectivity index (χ0n) is 14.9. The summed E-state index contributed by atoms with van der Waals surface area (Å²) in [7, 11) is 0. The summed E-state index contributed by atoms with van der Waals surface area (Å²) in [4.78, 5) is 24.9. The molecule has 2 heterocycles. The van der Waals surface area contributed by atoms with Gasteiger partial charge in [0.15, 0.2) is 0 Å². The quantitative estimate of drug-likeness (QED) is 0.505. The fourth-order valence-corrected chi connectivity index (χ4v) is 4.20. The lowest BCUT2D eigenvalue weighted by molar-refractivity contribution is -0.111. The molecule has 0 unspecified atom stereocenters. The highest BCUT2D eigenvalue weighted by atomic mass is 32.1. The van der Waals surface area contributed by atoms with Crippen molar-refractivity contribution >= 4 is 45.6 Å². The Balaban J connectivity index is 1.85. The zero-order valence-corrected chi connectivity index (χ0v) is 16.6. The minimum absolute atomic E-state index is 0.121. The van der Waals surface area contributed by atoms with Crippen molar-refractivity contribution in [2.24, 2.45) is 0 Å². The normalized spacial score (nSPS) is 11.2. The van der Waals surface area contributed by atoms with Gasteiger partial charge >= 0.3 is 5.97 Å². The van der Waals surface area contributed by atoms with Crippen LogP contribution in [0.4, 0.5) is 5.00 Å². The van der Waals surface area contributed by atoms with E-state index in [0.717, 1.165) is 10.4 Å². The Hall–Kier alpha value is -2.70. The van der Waals surface area contributed by atoms with E-state index in [-0.39, 0.29) is 11.5 Å². The molecule has 4 nitrogen and oxygen atoms in total. The van der Waals surface area contributed by atoms with Crippen LogP contribution in [0.5, 0.6) is 0 Å². The fraction of sp³-hybridized carbons (Fsp3) is 0.143. The molecule has 6 heteroatoms. The first-order valence-corrected chi connectivity index (χ1v) is 10.2. The summed E-state index contributed by atoms with van der Waals surface area (Å²) in [5.74, 6) is -1.00. The Labute approximate surface area is 165 Å². The molecule has 0 radical (unpaired) electrons. The third-order valence-corrected chi connectivity index (χ3v) is 5.81. The second-order valence-electron chi connectivity index (χ2n) is 6.27. The summed E-state index contributed by atoms with van der Waals surface area (Å²) in [6, 6.07) is 11.7. The standard InChI is InChI=1S/C21H19NO3S2/c1-13(2)14-5-7-15(8-6-14)17-12-27-20(19(17)21(24)25)22-18(23)10-9-16-4-3-11-26-16/h3-13H,1-2H3,(H,22,23)(H,24,25). The van der Waals surface area contributed by atoms with Crippen LogP contribution in [0.3, 0.4) is 0 Å². The van der Waals surface area contributed by atoms with E-state index < -0.39 is 5.97 Å². The number of carboxylic acid groups (broad SMARTS) is 1. The second-order valence-corrected chi connectivity index (χ2v) is 8.13. The van der Waals surface area contributed by atoms with Crippen molar-refractivity contribution in [3.63, 3.8) is 0 Å². The molecule has 138 valence electrons. The molecule has 3 rings (SSSR count). The van der Waals surface area contributed by atoms with Gasteiger partial charge in [-0.25, -0.2) is 4.79 Å². The maximum Gasteiger partial charge on any atom is 0.339 e. The van der Waals surface area contributed by atoms with Gasteiger partial charge in [0.25, 0.3) is 0 Å². The molecule has 0 aliphatic heterocycles. The van der Waals surface area contributed by atoms with Crippen molar-refractivity contribution in [1.29, 1.82) is 0 Å². The van der Waals surface area contributed by atoms with Gasteiger partial charge in [0, 0.05) is 21.9 Å². The minimum atomic E-state index is -1.06. The molecule has 0 atom stereocenters. The number of hydrogen-bond acceptors (Lipinski definition) is 4. The van der Waals surface area contributed by atoms with Crippen molar-refractivity contribution < 1.29 is 14.7 Å². The maximum atomic E-state index is 12.2. The molecule has 0 saturated carbocycles. The van der Waals surface area contributed by atoms with Crippen LogP contribution in [0.2, 0.25) is 0 Å². The molecule has 2 aromatic heterocycles. The number of nitrogens with one attached hydrogen (secondary N) is 1. The van der Waals surface area contributed by atoms with E-state index in [1.54, 1.807) is 11.5 Å². The Morgan fingerprint density at radius 2 is 1.85 bits per heavy atom. The molecular formula is C21H19NO3S2. The van der Waals surface area contributed by atoms with Crippen LogP contribution in [0.1, 0.15) is 40.6 Å². The number of anilines is 1. The lowest BCUT2D eigenvalue weighted by atomic mass is 9.98. The predicted octanol–water partition coefficient (Wildman–Crippen LogP) is 5.95. The molecule has 0 fully saturated rings. The number of benzene rings is 1. The van der Waals surface area contributed by atoms with Gasteiger partial charge < -0.3 is 10.4 Å². The summed E-state index contributed by atoms with van der Waals surface area (Å²) >= 11 is 2.74. The van der Waals surface area contributed by atoms with Crippen LogP contribution in [0.25, 0.3) is 17.2 Å². The fourth-order valence-electron chi connectivity index (χ4n) is 2.62. The van der Waals surface area contributed by atoms with Crippen LogP contribution >= 0.6 is 22.7 Å². The summed E-state index contributed by atoms with van der Waals surface area (Å²) in [6.07, 6.45) is 3.12. The van der Waals surface area contributed by atoms with Crippen LogP contribution in [0.15, 0.2) is 53.2 Å². The van der Waals surface area contributed by atoms with Crippen LogP contribution in [0, 0.1) is 0 Å². The van der Waals surface area contributed by atoms with Gasteiger partial charge in [-0.1, -0.05) is 44.2 Å². The van der Waals surface area contributed by atoms with Gasteiger partial charge in [0.1, 0.15) is 10.6 Å². The Morgan fingerprint density at radius 1 is 1.11 bits per heavy atom. The molecule has 2 N–H and O–H groups in total. The minimum Gasteiger partial charge on any atom is -0.478 e. The molecule has 3 aromatic rings. The van der Waals surface area contributed by atoms with E-state index in [0.29, 0.717) is 16.5 Å². The Bertz CT molecular complexity index is 968. The van der Waals surface area contributed by atoms with Crippen LogP contribution < -0.4 is 5.32 Å². The van der Waals surface area contributed by atoms with Crippen molar-refractivity contribution in [1.82, 2.24) is 0 Å². The SMILES string of the molecule is CC(C)c1ccc(-c2csc(NC(=O)C=Cc3cccs3)c2C(=O)O)cc1. The van der Waals surface area contributed by atoms with Crippen LogP contribution in [-0.4, -0.2) is 17.0 Å². The monoisotopic (exact) mass is 397 g/mol. The van der Waals surface area contributed by atoms with E-state index in [4.69, 9.17) is 0 Å². The number of hydrogen-bond donors (Lipinski definition) is 2. The first kappa shape index (κ1) is 19.1. The molecule has 27 heavy (non-hydrogen) atoms. The van der Waals surface area contributed by atoms with E-state index in [2.05, 4.69) is 19.2 Å². The zero-order chi connectivity index (χ0) is 19.4. The van der Waals surface area contributed by atoms with E-state index in [9.17, 15) is 14.7 Å². The summed E-state index contributed by atoms with van der Waals surface area (Å²) < 4.78 is 0. The van der Waals surface area contributed by atoms with Crippen molar-refractivity contribution in [3.05, 3.63) is 69.2 Å². The Morgan fingerprint density at radius 3 is 2.44 bits per heavy atom. The van der Waals surface area contributed by atoms with Gasteiger partial charge in [-0.2, -0.15) is 0 Å². The first-order valence-electron chi connectivity index (χ1n) is 8.43.